The van der Waals surface area contributed by atoms with Gasteiger partial charge in [-0.15, -0.1) is 5.10 Å². The third-order valence-electron chi connectivity index (χ3n) is 5.03. The maximum Gasteiger partial charge on any atom is 0.221 e. The van der Waals surface area contributed by atoms with Gasteiger partial charge < -0.3 is 5.32 Å². The average molecular weight is 458 g/mol. The molecule has 8 heteroatoms. The van der Waals surface area contributed by atoms with Crippen LogP contribution in [-0.2, 0) is 4.79 Å². The van der Waals surface area contributed by atoms with Gasteiger partial charge in [-0.1, -0.05) is 77.5 Å². The Labute approximate surface area is 196 Å². The van der Waals surface area contributed by atoms with E-state index in [0.717, 1.165) is 16.7 Å². The van der Waals surface area contributed by atoms with E-state index < -0.39 is 5.25 Å². The Morgan fingerprint density at radius 3 is 2.27 bits per heavy atom. The molecular weight excluding hydrogens is 434 g/mol. The SMILES string of the molecule is CC(=O)Nc1cccc(-n2nnnc2SC(C(=O)c2ccc(C)cc2)c2ccc(C)cc2)c1. The third kappa shape index (κ3) is 5.35. The van der Waals surface area contributed by atoms with E-state index in [-0.39, 0.29) is 11.7 Å². The van der Waals surface area contributed by atoms with Crippen LogP contribution in [0.1, 0.15) is 39.2 Å². The number of hydrogen-bond donors (Lipinski definition) is 1. The summed E-state index contributed by atoms with van der Waals surface area (Å²) in [7, 11) is 0. The fourth-order valence-corrected chi connectivity index (χ4v) is 4.39. The van der Waals surface area contributed by atoms with Crippen molar-refractivity contribution in [3.05, 3.63) is 95.1 Å². The van der Waals surface area contributed by atoms with Crippen molar-refractivity contribution < 1.29 is 9.59 Å². The monoisotopic (exact) mass is 457 g/mol. The first kappa shape index (κ1) is 22.4. The molecule has 0 bridgehead atoms. The summed E-state index contributed by atoms with van der Waals surface area (Å²) in [4.78, 5) is 25.0. The number of tetrazole rings is 1. The minimum Gasteiger partial charge on any atom is -0.326 e. The molecule has 0 aliphatic heterocycles. The first-order valence-corrected chi connectivity index (χ1v) is 11.3. The van der Waals surface area contributed by atoms with Crippen molar-refractivity contribution in [1.29, 1.82) is 0 Å². The van der Waals surface area contributed by atoms with Gasteiger partial charge in [-0.05, 0) is 48.0 Å². The molecule has 1 N–H and O–H groups in total. The van der Waals surface area contributed by atoms with E-state index in [1.807, 2.05) is 74.5 Å². The van der Waals surface area contributed by atoms with Gasteiger partial charge in [-0.25, -0.2) is 0 Å². The normalized spacial score (nSPS) is 11.7. The highest BCUT2D eigenvalue weighted by Gasteiger charge is 2.26. The number of thioether (sulfide) groups is 1. The van der Waals surface area contributed by atoms with Crippen molar-refractivity contribution in [3.63, 3.8) is 0 Å². The van der Waals surface area contributed by atoms with Crippen molar-refractivity contribution in [1.82, 2.24) is 20.2 Å². The van der Waals surface area contributed by atoms with E-state index in [2.05, 4.69) is 20.8 Å². The zero-order chi connectivity index (χ0) is 23.4. The Kier molecular flexibility index (Phi) is 6.65. The van der Waals surface area contributed by atoms with Crippen molar-refractivity contribution >= 4 is 29.1 Å². The minimum atomic E-state index is -0.531. The number of carbonyl (C=O) groups excluding carboxylic acids is 2. The lowest BCUT2D eigenvalue weighted by Gasteiger charge is -2.16. The van der Waals surface area contributed by atoms with Gasteiger partial charge in [0.2, 0.25) is 11.1 Å². The van der Waals surface area contributed by atoms with Gasteiger partial charge in [0.15, 0.2) is 5.78 Å². The molecule has 0 spiro atoms. The van der Waals surface area contributed by atoms with Crippen LogP contribution < -0.4 is 5.32 Å². The number of carbonyl (C=O) groups is 2. The largest absolute Gasteiger partial charge is 0.326 e. The lowest BCUT2D eigenvalue weighted by Crippen LogP contribution is -2.12. The number of aromatic nitrogens is 4. The Bertz CT molecular complexity index is 1280. The van der Waals surface area contributed by atoms with E-state index in [1.54, 1.807) is 16.8 Å². The Hall–Kier alpha value is -3.78. The maximum absolute atomic E-state index is 13.5. The number of nitrogens with zero attached hydrogens (tertiary/aromatic N) is 4. The van der Waals surface area contributed by atoms with Crippen LogP contribution in [0.15, 0.2) is 78.0 Å². The summed E-state index contributed by atoms with van der Waals surface area (Å²) < 4.78 is 1.57. The van der Waals surface area contributed by atoms with Gasteiger partial charge in [-0.2, -0.15) is 4.68 Å². The van der Waals surface area contributed by atoms with Gasteiger partial charge in [0.1, 0.15) is 5.25 Å². The molecule has 0 aliphatic rings. The number of ketones is 1. The van der Waals surface area contributed by atoms with Crippen molar-refractivity contribution in [2.24, 2.45) is 0 Å². The predicted octanol–water partition coefficient (Wildman–Crippen LogP) is 4.95. The summed E-state index contributed by atoms with van der Waals surface area (Å²) in [5, 5.41) is 14.8. The third-order valence-corrected chi connectivity index (χ3v) is 6.22. The van der Waals surface area contributed by atoms with Crippen molar-refractivity contribution in [3.8, 4) is 5.69 Å². The number of aryl methyl sites for hydroxylation is 2. The molecule has 166 valence electrons. The molecule has 1 heterocycles. The first-order chi connectivity index (χ1) is 15.9. The predicted molar refractivity (Wildman–Crippen MR) is 129 cm³/mol. The summed E-state index contributed by atoms with van der Waals surface area (Å²) in [6.45, 7) is 5.45. The topological polar surface area (TPSA) is 89.8 Å². The second kappa shape index (κ2) is 9.79. The fraction of sp³-hybridized carbons (Fsp3) is 0.160. The summed E-state index contributed by atoms with van der Waals surface area (Å²) >= 11 is 1.29. The molecule has 33 heavy (non-hydrogen) atoms. The molecule has 1 aromatic heterocycles. The molecule has 1 atom stereocenters. The maximum atomic E-state index is 13.5. The molecule has 0 radical (unpaired) electrons. The molecule has 4 rings (SSSR count). The molecular formula is C25H23N5O2S. The van der Waals surface area contributed by atoms with E-state index >= 15 is 0 Å². The van der Waals surface area contributed by atoms with Gasteiger partial charge in [-0.3, -0.25) is 9.59 Å². The fourth-order valence-electron chi connectivity index (χ4n) is 3.32. The molecule has 0 aliphatic carbocycles. The zero-order valence-corrected chi connectivity index (χ0v) is 19.3. The van der Waals surface area contributed by atoms with Crippen LogP contribution in [0.4, 0.5) is 5.69 Å². The Morgan fingerprint density at radius 1 is 0.939 bits per heavy atom. The van der Waals surface area contributed by atoms with Crippen molar-refractivity contribution in [2.75, 3.05) is 5.32 Å². The number of rotatable bonds is 7. The summed E-state index contributed by atoms with van der Waals surface area (Å²) in [6, 6.07) is 22.7. The van der Waals surface area contributed by atoms with Crippen LogP contribution in [0.3, 0.4) is 0 Å². The molecule has 3 aromatic carbocycles. The summed E-state index contributed by atoms with van der Waals surface area (Å²) in [5.74, 6) is -0.188. The van der Waals surface area contributed by atoms with Gasteiger partial charge in [0.05, 0.1) is 5.69 Å². The van der Waals surface area contributed by atoms with Crippen LogP contribution in [0.2, 0.25) is 0 Å². The van der Waals surface area contributed by atoms with Crippen LogP contribution >= 0.6 is 11.8 Å². The number of nitrogens with one attached hydrogen (secondary N) is 1. The number of benzene rings is 3. The number of hydrogen-bond acceptors (Lipinski definition) is 6. The average Bonchev–Trinajstić information content (AvgIpc) is 3.26. The number of amides is 1. The van der Waals surface area contributed by atoms with Crippen molar-refractivity contribution in [2.45, 2.75) is 31.2 Å². The van der Waals surface area contributed by atoms with Crippen LogP contribution in [0.5, 0.6) is 0 Å². The highest BCUT2D eigenvalue weighted by atomic mass is 32.2. The molecule has 7 nitrogen and oxygen atoms in total. The van der Waals surface area contributed by atoms with Crippen LogP contribution in [-0.4, -0.2) is 31.9 Å². The zero-order valence-electron chi connectivity index (χ0n) is 18.5. The van der Waals surface area contributed by atoms with E-state index in [1.165, 1.54) is 18.7 Å². The molecule has 0 saturated carbocycles. The Morgan fingerprint density at radius 2 is 1.61 bits per heavy atom. The molecule has 4 aromatic rings. The summed E-state index contributed by atoms with van der Waals surface area (Å²) in [5.41, 5.74) is 5.03. The Balaban J connectivity index is 1.70. The number of Topliss-reactive ketones (excluding diaryl/α,β-unsaturated/α-hetero) is 1. The van der Waals surface area contributed by atoms with Gasteiger partial charge in [0.25, 0.3) is 0 Å². The summed E-state index contributed by atoms with van der Waals surface area (Å²) in [6.07, 6.45) is 0. The van der Waals surface area contributed by atoms with E-state index in [9.17, 15) is 9.59 Å². The lowest BCUT2D eigenvalue weighted by molar-refractivity contribution is -0.114. The standard InChI is InChI=1S/C25H23N5O2S/c1-16-7-11-19(12-8-16)23(32)24(20-13-9-17(2)10-14-20)33-25-27-28-29-30(25)22-6-4-5-21(15-22)26-18(3)31/h4-15,24H,1-3H3,(H,26,31). The molecule has 1 amide bonds. The molecule has 0 saturated heterocycles. The second-order valence-electron chi connectivity index (χ2n) is 7.74. The smallest absolute Gasteiger partial charge is 0.221 e. The first-order valence-electron chi connectivity index (χ1n) is 10.4. The van der Waals surface area contributed by atoms with E-state index in [4.69, 9.17) is 0 Å². The van der Waals surface area contributed by atoms with Gasteiger partial charge in [0, 0.05) is 18.2 Å². The van der Waals surface area contributed by atoms with Crippen LogP contribution in [0, 0.1) is 13.8 Å². The molecule has 1 unspecified atom stereocenters. The highest BCUT2D eigenvalue weighted by Crippen LogP contribution is 2.37. The van der Waals surface area contributed by atoms with Gasteiger partial charge >= 0.3 is 0 Å². The minimum absolute atomic E-state index is 0.0228. The quantitative estimate of drug-likeness (QED) is 0.312. The molecule has 0 fully saturated rings. The highest BCUT2D eigenvalue weighted by molar-refractivity contribution is 8.00. The second-order valence-corrected chi connectivity index (χ2v) is 8.82. The van der Waals surface area contributed by atoms with Crippen LogP contribution in [0.25, 0.3) is 5.69 Å². The van der Waals surface area contributed by atoms with E-state index in [0.29, 0.717) is 22.1 Å². The number of anilines is 1. The lowest BCUT2D eigenvalue weighted by atomic mass is 10.0.